The maximum absolute atomic E-state index is 4.09. The van der Waals surface area contributed by atoms with E-state index in [0.29, 0.717) is 0 Å². The third-order valence-corrected chi connectivity index (χ3v) is 2.67. The lowest BCUT2D eigenvalue weighted by Gasteiger charge is -2.04. The van der Waals surface area contributed by atoms with E-state index in [-0.39, 0.29) is 0 Å². The molecule has 0 spiro atoms. The van der Waals surface area contributed by atoms with Crippen molar-refractivity contribution in [2.45, 2.75) is 19.9 Å². The van der Waals surface area contributed by atoms with Crippen LogP contribution in [0.2, 0.25) is 0 Å². The first-order chi connectivity index (χ1) is 8.38. The molecule has 4 nitrogen and oxygen atoms in total. The minimum atomic E-state index is 0.785. The van der Waals surface area contributed by atoms with Crippen LogP contribution in [-0.2, 0) is 13.0 Å². The van der Waals surface area contributed by atoms with Crippen LogP contribution in [0.15, 0.2) is 36.9 Å². The Morgan fingerprint density at radius 3 is 2.59 bits per heavy atom. The van der Waals surface area contributed by atoms with Crippen LogP contribution in [0.25, 0.3) is 0 Å². The fraction of sp³-hybridized carbons (Fsp3) is 0.385. The van der Waals surface area contributed by atoms with E-state index in [1.807, 2.05) is 4.68 Å². The largest absolute Gasteiger partial charge is 0.317 e. The van der Waals surface area contributed by atoms with Crippen molar-refractivity contribution in [3.63, 3.8) is 0 Å². The van der Waals surface area contributed by atoms with Crippen molar-refractivity contribution >= 4 is 0 Å². The quantitative estimate of drug-likeness (QED) is 0.764. The van der Waals surface area contributed by atoms with E-state index in [1.54, 1.807) is 12.7 Å². The zero-order valence-corrected chi connectivity index (χ0v) is 10.1. The lowest BCUT2D eigenvalue weighted by molar-refractivity contribution is 0.684. The molecule has 4 heteroatoms. The highest BCUT2D eigenvalue weighted by Gasteiger charge is 1.97. The van der Waals surface area contributed by atoms with Gasteiger partial charge in [-0.2, -0.15) is 5.10 Å². The van der Waals surface area contributed by atoms with Gasteiger partial charge in [0.05, 0.1) is 6.54 Å². The molecule has 17 heavy (non-hydrogen) atoms. The summed E-state index contributed by atoms with van der Waals surface area (Å²) < 4.78 is 1.83. The average Bonchev–Trinajstić information content (AvgIpc) is 2.85. The van der Waals surface area contributed by atoms with Gasteiger partial charge in [0, 0.05) is 0 Å². The van der Waals surface area contributed by atoms with Crippen LogP contribution in [0.4, 0.5) is 0 Å². The summed E-state index contributed by atoms with van der Waals surface area (Å²) in [5, 5.41) is 7.42. The summed E-state index contributed by atoms with van der Waals surface area (Å²) in [4.78, 5) is 3.93. The van der Waals surface area contributed by atoms with Crippen molar-refractivity contribution in [2.24, 2.45) is 0 Å². The van der Waals surface area contributed by atoms with Crippen LogP contribution in [-0.4, -0.2) is 27.9 Å². The summed E-state index contributed by atoms with van der Waals surface area (Å²) in [6, 6.07) is 8.68. The molecule has 0 radical (unpaired) electrons. The van der Waals surface area contributed by atoms with Crippen LogP contribution in [0, 0.1) is 0 Å². The number of nitrogens with one attached hydrogen (secondary N) is 1. The first-order valence-corrected chi connectivity index (χ1v) is 5.99. The molecule has 2 rings (SSSR count). The Kier molecular flexibility index (Phi) is 4.27. The van der Waals surface area contributed by atoms with Gasteiger partial charge in [0.1, 0.15) is 12.7 Å². The Hall–Kier alpha value is -1.68. The zero-order chi connectivity index (χ0) is 11.9. The first kappa shape index (κ1) is 11.8. The molecule has 0 aliphatic heterocycles. The Morgan fingerprint density at radius 1 is 1.18 bits per heavy atom. The molecule has 0 aliphatic carbocycles. The van der Waals surface area contributed by atoms with Gasteiger partial charge in [0.25, 0.3) is 0 Å². The Morgan fingerprint density at radius 2 is 1.94 bits per heavy atom. The Bertz CT molecular complexity index is 419. The minimum Gasteiger partial charge on any atom is -0.317 e. The van der Waals surface area contributed by atoms with Crippen molar-refractivity contribution in [3.05, 3.63) is 48.0 Å². The van der Waals surface area contributed by atoms with E-state index in [4.69, 9.17) is 0 Å². The fourth-order valence-electron chi connectivity index (χ4n) is 1.72. The molecule has 1 N–H and O–H groups in total. The summed E-state index contributed by atoms with van der Waals surface area (Å²) in [6.45, 7) is 4.98. The smallest absolute Gasteiger partial charge is 0.137 e. The molecule has 1 heterocycles. The number of aromatic nitrogens is 3. The standard InChI is InChI=1S/C13H18N4/c1-2-14-8-7-12-3-5-13(6-4-12)9-17-11-15-10-16-17/h3-6,10-11,14H,2,7-9H2,1H3. The van der Waals surface area contributed by atoms with Crippen molar-refractivity contribution in [1.82, 2.24) is 20.1 Å². The molecule has 0 amide bonds. The van der Waals surface area contributed by atoms with E-state index in [2.05, 4.69) is 46.6 Å². The average molecular weight is 230 g/mol. The van der Waals surface area contributed by atoms with Gasteiger partial charge in [0.15, 0.2) is 0 Å². The van der Waals surface area contributed by atoms with Crippen molar-refractivity contribution < 1.29 is 0 Å². The summed E-state index contributed by atoms with van der Waals surface area (Å²) in [7, 11) is 0. The summed E-state index contributed by atoms with van der Waals surface area (Å²) in [5.74, 6) is 0. The fourth-order valence-corrected chi connectivity index (χ4v) is 1.72. The van der Waals surface area contributed by atoms with Gasteiger partial charge >= 0.3 is 0 Å². The molecule has 1 aromatic carbocycles. The van der Waals surface area contributed by atoms with Crippen LogP contribution < -0.4 is 5.32 Å². The number of benzene rings is 1. The van der Waals surface area contributed by atoms with Gasteiger partial charge in [-0.15, -0.1) is 0 Å². The molecule has 0 fully saturated rings. The predicted molar refractivity (Wildman–Crippen MR) is 67.8 cm³/mol. The van der Waals surface area contributed by atoms with Crippen LogP contribution in [0.5, 0.6) is 0 Å². The third kappa shape index (κ3) is 3.67. The topological polar surface area (TPSA) is 42.7 Å². The maximum Gasteiger partial charge on any atom is 0.137 e. The van der Waals surface area contributed by atoms with Crippen LogP contribution >= 0.6 is 0 Å². The van der Waals surface area contributed by atoms with Gasteiger partial charge in [-0.1, -0.05) is 31.2 Å². The lowest BCUT2D eigenvalue weighted by Crippen LogP contribution is -2.16. The molecule has 2 aromatic rings. The molecule has 0 unspecified atom stereocenters. The van der Waals surface area contributed by atoms with Crippen molar-refractivity contribution in [1.29, 1.82) is 0 Å². The second-order valence-electron chi connectivity index (χ2n) is 4.01. The SMILES string of the molecule is CCNCCc1ccc(Cn2cncn2)cc1. The monoisotopic (exact) mass is 230 g/mol. The van der Waals surface area contributed by atoms with Gasteiger partial charge in [0.2, 0.25) is 0 Å². The molecule has 0 aliphatic rings. The normalized spacial score (nSPS) is 10.6. The van der Waals surface area contributed by atoms with Crippen molar-refractivity contribution in [2.75, 3.05) is 13.1 Å². The molecule has 0 saturated heterocycles. The van der Waals surface area contributed by atoms with Gasteiger partial charge < -0.3 is 5.32 Å². The van der Waals surface area contributed by atoms with Crippen molar-refractivity contribution in [3.8, 4) is 0 Å². The van der Waals surface area contributed by atoms with E-state index in [0.717, 1.165) is 26.1 Å². The highest BCUT2D eigenvalue weighted by Crippen LogP contribution is 2.06. The van der Waals surface area contributed by atoms with Crippen LogP contribution in [0.3, 0.4) is 0 Å². The number of hydrogen-bond donors (Lipinski definition) is 1. The Labute approximate surface area is 102 Å². The molecule has 0 atom stereocenters. The molecule has 0 saturated carbocycles. The molecular formula is C13H18N4. The second-order valence-corrected chi connectivity index (χ2v) is 4.01. The molecule has 0 bridgehead atoms. The molecule has 1 aromatic heterocycles. The Balaban J connectivity index is 1.89. The van der Waals surface area contributed by atoms with E-state index in [1.165, 1.54) is 11.1 Å². The lowest BCUT2D eigenvalue weighted by atomic mass is 10.1. The first-order valence-electron chi connectivity index (χ1n) is 5.99. The van der Waals surface area contributed by atoms with E-state index >= 15 is 0 Å². The molecule has 90 valence electrons. The second kappa shape index (κ2) is 6.15. The molecular weight excluding hydrogens is 212 g/mol. The summed E-state index contributed by atoms with van der Waals surface area (Å²) in [6.07, 6.45) is 4.38. The summed E-state index contributed by atoms with van der Waals surface area (Å²) >= 11 is 0. The highest BCUT2D eigenvalue weighted by atomic mass is 15.3. The van der Waals surface area contributed by atoms with Gasteiger partial charge in [-0.05, 0) is 30.6 Å². The minimum absolute atomic E-state index is 0.785. The van der Waals surface area contributed by atoms with E-state index < -0.39 is 0 Å². The number of likely N-dealkylation sites (N-methyl/N-ethyl adjacent to an activating group) is 1. The zero-order valence-electron chi connectivity index (χ0n) is 10.1. The predicted octanol–water partition coefficient (Wildman–Crippen LogP) is 1.48. The maximum atomic E-state index is 4.09. The highest BCUT2D eigenvalue weighted by molar-refractivity contribution is 5.22. The third-order valence-electron chi connectivity index (χ3n) is 2.67. The van der Waals surface area contributed by atoms with Crippen LogP contribution in [0.1, 0.15) is 18.1 Å². The van der Waals surface area contributed by atoms with E-state index in [9.17, 15) is 0 Å². The van der Waals surface area contributed by atoms with Gasteiger partial charge in [-0.3, -0.25) is 0 Å². The number of nitrogens with zero attached hydrogens (tertiary/aromatic N) is 3. The number of hydrogen-bond acceptors (Lipinski definition) is 3. The van der Waals surface area contributed by atoms with Gasteiger partial charge in [-0.25, -0.2) is 9.67 Å². The number of rotatable bonds is 6. The summed E-state index contributed by atoms with van der Waals surface area (Å²) in [5.41, 5.74) is 2.62.